The third-order valence-corrected chi connectivity index (χ3v) is 8.78. The van der Waals surface area contributed by atoms with Crippen molar-refractivity contribution in [1.82, 2.24) is 20.2 Å². The number of amides is 2. The number of carbonyl (C=O) groups excluding carboxylic acids is 1. The maximum atomic E-state index is 12.8. The van der Waals surface area contributed by atoms with E-state index in [1.54, 1.807) is 11.0 Å². The minimum absolute atomic E-state index is 0.0134. The molecular weight excluding hydrogens is 549 g/mol. The van der Waals surface area contributed by atoms with Crippen LogP contribution in [-0.4, -0.2) is 59.0 Å². The largest absolute Gasteiger partial charge is 0.573 e. The van der Waals surface area contributed by atoms with E-state index >= 15 is 0 Å². The molecule has 1 aromatic carbocycles. The number of hydrogen-bond acceptors (Lipinski definition) is 8. The van der Waals surface area contributed by atoms with Crippen LogP contribution in [0.5, 0.6) is 5.75 Å². The number of primary amides is 1. The number of likely N-dealkylation sites (tertiary alicyclic amines) is 1. The number of aromatic nitrogens is 2. The Morgan fingerprint density at radius 2 is 1.83 bits per heavy atom. The van der Waals surface area contributed by atoms with Gasteiger partial charge in [0, 0.05) is 43.8 Å². The van der Waals surface area contributed by atoms with E-state index in [1.165, 1.54) is 43.7 Å². The van der Waals surface area contributed by atoms with Gasteiger partial charge in [-0.25, -0.2) is 9.78 Å². The average molecular weight is 587 g/mol. The van der Waals surface area contributed by atoms with E-state index in [0.29, 0.717) is 66.4 Å². The zero-order valence-corrected chi connectivity index (χ0v) is 23.4. The Balaban J connectivity index is 1.17. The number of anilines is 2. The van der Waals surface area contributed by atoms with Crippen molar-refractivity contribution in [3.05, 3.63) is 41.6 Å². The van der Waals surface area contributed by atoms with Gasteiger partial charge in [-0.2, -0.15) is 10.2 Å². The maximum Gasteiger partial charge on any atom is 0.573 e. The van der Waals surface area contributed by atoms with Gasteiger partial charge in [0.25, 0.3) is 0 Å². The van der Waals surface area contributed by atoms with Crippen LogP contribution in [0.15, 0.2) is 30.5 Å². The van der Waals surface area contributed by atoms with Crippen molar-refractivity contribution in [1.29, 1.82) is 5.26 Å². The second kappa shape index (κ2) is 13.0. The fourth-order valence-electron chi connectivity index (χ4n) is 6.82. The number of nitriles is 1. The summed E-state index contributed by atoms with van der Waals surface area (Å²) in [5.74, 6) is 1.90. The third-order valence-electron chi connectivity index (χ3n) is 8.78. The number of para-hydroxylation sites is 1. The molecule has 1 saturated heterocycles. The SMILES string of the molecule is N#Cc1cnc(NCc2ccccc2OC(F)(F)F)nc1NCC1C[C@H]2CCC[C@@H](C1)C2NC1CCN(C(N)=O)CC1. The molecule has 2 heterocycles. The highest BCUT2D eigenvalue weighted by atomic mass is 19.4. The van der Waals surface area contributed by atoms with Crippen LogP contribution in [0.25, 0.3) is 0 Å². The minimum Gasteiger partial charge on any atom is -0.405 e. The number of alkyl halides is 3. The number of nitrogens with one attached hydrogen (secondary N) is 3. The Hall–Kier alpha value is -3.79. The van der Waals surface area contributed by atoms with Crippen LogP contribution in [0.3, 0.4) is 0 Å². The van der Waals surface area contributed by atoms with Crippen LogP contribution >= 0.6 is 0 Å². The summed E-state index contributed by atoms with van der Waals surface area (Å²) in [5.41, 5.74) is 6.04. The summed E-state index contributed by atoms with van der Waals surface area (Å²) in [6.07, 6.45) is 4.24. The Morgan fingerprint density at radius 3 is 2.50 bits per heavy atom. The molecule has 5 rings (SSSR count). The van der Waals surface area contributed by atoms with E-state index in [2.05, 4.69) is 36.7 Å². The topological polar surface area (TPSA) is 141 Å². The van der Waals surface area contributed by atoms with Crippen LogP contribution in [0.2, 0.25) is 0 Å². The molecule has 5 N–H and O–H groups in total. The lowest BCUT2D eigenvalue weighted by molar-refractivity contribution is -0.274. The van der Waals surface area contributed by atoms with Crippen molar-refractivity contribution in [2.45, 2.75) is 69.9 Å². The lowest BCUT2D eigenvalue weighted by Crippen LogP contribution is -2.55. The molecule has 2 aliphatic carbocycles. The number of halogens is 3. The molecule has 2 bridgehead atoms. The minimum atomic E-state index is -4.80. The Bertz CT molecular complexity index is 1260. The number of fused-ring (bicyclic) bond motifs is 2. The number of urea groups is 1. The number of nitrogens with zero attached hydrogens (tertiary/aromatic N) is 4. The number of ether oxygens (including phenoxy) is 1. The summed E-state index contributed by atoms with van der Waals surface area (Å²) in [7, 11) is 0. The van der Waals surface area contributed by atoms with Crippen LogP contribution in [0, 0.1) is 29.1 Å². The number of nitrogens with two attached hydrogens (primary N) is 1. The quantitative estimate of drug-likeness (QED) is 0.334. The van der Waals surface area contributed by atoms with E-state index in [-0.39, 0.29) is 24.3 Å². The molecule has 42 heavy (non-hydrogen) atoms. The second-order valence-corrected chi connectivity index (χ2v) is 11.5. The van der Waals surface area contributed by atoms with Gasteiger partial charge in [-0.15, -0.1) is 13.2 Å². The van der Waals surface area contributed by atoms with Gasteiger partial charge in [0.05, 0.1) is 6.20 Å². The van der Waals surface area contributed by atoms with Gasteiger partial charge in [-0.3, -0.25) is 0 Å². The summed E-state index contributed by atoms with van der Waals surface area (Å²) in [5, 5.41) is 19.9. The lowest BCUT2D eigenvalue weighted by atomic mass is 9.64. The van der Waals surface area contributed by atoms with Crippen LogP contribution in [0.4, 0.5) is 29.7 Å². The molecule has 4 atom stereocenters. The molecule has 13 heteroatoms. The van der Waals surface area contributed by atoms with Gasteiger partial charge in [0.2, 0.25) is 5.95 Å². The van der Waals surface area contributed by atoms with Crippen LogP contribution in [0.1, 0.15) is 56.1 Å². The first-order chi connectivity index (χ1) is 20.2. The van der Waals surface area contributed by atoms with Crippen molar-refractivity contribution in [2.75, 3.05) is 30.3 Å². The molecule has 2 amide bonds. The molecular formula is C29H37F3N8O2. The zero-order valence-electron chi connectivity index (χ0n) is 23.4. The highest BCUT2D eigenvalue weighted by molar-refractivity contribution is 5.72. The molecule has 2 saturated carbocycles. The van der Waals surface area contributed by atoms with E-state index in [9.17, 15) is 23.2 Å². The van der Waals surface area contributed by atoms with Crippen LogP contribution in [-0.2, 0) is 6.54 Å². The van der Waals surface area contributed by atoms with Crippen LogP contribution < -0.4 is 26.4 Å². The molecule has 226 valence electrons. The second-order valence-electron chi connectivity index (χ2n) is 11.5. The predicted molar refractivity (Wildman–Crippen MR) is 150 cm³/mol. The number of carbonyl (C=O) groups is 1. The highest BCUT2D eigenvalue weighted by Crippen LogP contribution is 2.43. The number of benzene rings is 1. The number of rotatable bonds is 9. The van der Waals surface area contributed by atoms with Gasteiger partial charge in [0.15, 0.2) is 0 Å². The molecule has 10 nitrogen and oxygen atoms in total. The van der Waals surface area contributed by atoms with Gasteiger partial charge in [-0.05, 0) is 62.3 Å². The Labute approximate surface area is 243 Å². The Morgan fingerprint density at radius 1 is 1.12 bits per heavy atom. The fourth-order valence-corrected chi connectivity index (χ4v) is 6.82. The first-order valence-electron chi connectivity index (χ1n) is 14.6. The van der Waals surface area contributed by atoms with Crippen molar-refractivity contribution in [3.63, 3.8) is 0 Å². The van der Waals surface area contributed by atoms with E-state index < -0.39 is 6.36 Å². The summed E-state index contributed by atoms with van der Waals surface area (Å²) in [6, 6.07) is 8.54. The predicted octanol–water partition coefficient (Wildman–Crippen LogP) is 4.60. The standard InChI is InChI=1S/C29H37F3N8O2/c30-29(31,32)42-24-7-2-1-4-21(24)16-36-28-37-17-22(14-33)26(39-28)35-15-18-12-19-5-3-6-20(13-18)25(19)38-23-8-10-40(11-9-23)27(34)41/h1-2,4,7,17-20,23,25,38H,3,5-6,8-13,15-16H2,(H2,34,41)(H2,35,36,37,39)/t18?,19-,20+,25?. The normalized spacial score (nSPS) is 24.5. The molecule has 0 radical (unpaired) electrons. The summed E-state index contributed by atoms with van der Waals surface area (Å²) < 4.78 is 42.4. The number of piperidine rings is 1. The summed E-state index contributed by atoms with van der Waals surface area (Å²) in [6.45, 7) is 2.09. The van der Waals surface area contributed by atoms with E-state index in [0.717, 1.165) is 25.7 Å². The van der Waals surface area contributed by atoms with Crippen molar-refractivity contribution >= 4 is 17.8 Å². The number of hydrogen-bond donors (Lipinski definition) is 4. The van der Waals surface area contributed by atoms with Gasteiger partial charge in [-0.1, -0.05) is 24.6 Å². The average Bonchev–Trinajstić information content (AvgIpc) is 2.95. The van der Waals surface area contributed by atoms with Crippen molar-refractivity contribution in [3.8, 4) is 11.8 Å². The smallest absolute Gasteiger partial charge is 0.405 e. The van der Waals surface area contributed by atoms with Gasteiger partial charge >= 0.3 is 12.4 Å². The molecule has 2 aromatic rings. The first kappa shape index (κ1) is 29.7. The molecule has 1 aromatic heterocycles. The molecule has 1 aliphatic heterocycles. The lowest BCUT2D eigenvalue weighted by Gasteiger charge is -2.48. The third kappa shape index (κ3) is 7.53. The monoisotopic (exact) mass is 586 g/mol. The zero-order chi connectivity index (χ0) is 29.7. The van der Waals surface area contributed by atoms with Gasteiger partial charge in [0.1, 0.15) is 23.2 Å². The molecule has 3 fully saturated rings. The van der Waals surface area contributed by atoms with E-state index in [1.807, 2.05) is 0 Å². The first-order valence-corrected chi connectivity index (χ1v) is 14.6. The molecule has 0 spiro atoms. The van der Waals surface area contributed by atoms with Gasteiger partial charge < -0.3 is 31.3 Å². The summed E-state index contributed by atoms with van der Waals surface area (Å²) >= 11 is 0. The van der Waals surface area contributed by atoms with Crippen molar-refractivity contribution in [2.24, 2.45) is 23.5 Å². The fraction of sp³-hybridized carbons (Fsp3) is 0.586. The van der Waals surface area contributed by atoms with E-state index in [4.69, 9.17) is 5.73 Å². The maximum absolute atomic E-state index is 12.8. The highest BCUT2D eigenvalue weighted by Gasteiger charge is 2.41. The molecule has 2 unspecified atom stereocenters. The summed E-state index contributed by atoms with van der Waals surface area (Å²) in [4.78, 5) is 21.8. The Kier molecular flexibility index (Phi) is 9.21. The molecule has 3 aliphatic rings. The van der Waals surface area contributed by atoms with Crippen molar-refractivity contribution < 1.29 is 22.7 Å².